The van der Waals surface area contributed by atoms with Gasteiger partial charge in [-0.1, -0.05) is 0 Å². The summed E-state index contributed by atoms with van der Waals surface area (Å²) in [7, 11) is 0. The monoisotopic (exact) mass is 200 g/mol. The molecule has 0 aromatic heterocycles. The van der Waals surface area contributed by atoms with Crippen LogP contribution < -0.4 is 5.73 Å². The van der Waals surface area contributed by atoms with Crippen molar-refractivity contribution in [2.24, 2.45) is 0 Å². The van der Waals surface area contributed by atoms with E-state index in [2.05, 4.69) is 5.73 Å². The molecule has 1 heterocycles. The second-order valence-corrected chi connectivity index (χ2v) is 3.27. The quantitative estimate of drug-likeness (QED) is 0.697. The van der Waals surface area contributed by atoms with Crippen LogP contribution in [0.1, 0.15) is 13.3 Å². The highest BCUT2D eigenvalue weighted by Gasteiger charge is 2.46. The normalized spacial score (nSPS) is 24.7. The van der Waals surface area contributed by atoms with E-state index in [-0.39, 0.29) is 6.42 Å². The lowest BCUT2D eigenvalue weighted by molar-refractivity contribution is -0.490. The Kier molecular flexibility index (Phi) is 2.84. The van der Waals surface area contributed by atoms with Crippen molar-refractivity contribution in [2.45, 2.75) is 31.3 Å². The van der Waals surface area contributed by atoms with Gasteiger partial charge in [0.05, 0.1) is 19.6 Å². The number of ether oxygens (including phenoxy) is 2. The van der Waals surface area contributed by atoms with Crippen molar-refractivity contribution in [1.29, 1.82) is 0 Å². The van der Waals surface area contributed by atoms with E-state index in [0.717, 1.165) is 0 Å². The zero-order valence-corrected chi connectivity index (χ0v) is 7.36. The second-order valence-electron chi connectivity index (χ2n) is 3.27. The van der Waals surface area contributed by atoms with Crippen LogP contribution >= 0.6 is 0 Å². The van der Waals surface area contributed by atoms with Crippen LogP contribution in [-0.4, -0.2) is 31.2 Å². The molecule has 0 aliphatic carbocycles. The number of hydrogen-bond donors (Lipinski definition) is 1. The van der Waals surface area contributed by atoms with Gasteiger partial charge < -0.3 is 15.2 Å². The SMILES string of the molecule is CC1(CC([NH3+])C(F)(F)F)OCCO1. The largest absolute Gasteiger partial charge is 0.441 e. The molecule has 13 heavy (non-hydrogen) atoms. The Morgan fingerprint density at radius 1 is 1.38 bits per heavy atom. The third-order valence-electron chi connectivity index (χ3n) is 1.98. The van der Waals surface area contributed by atoms with E-state index in [0.29, 0.717) is 13.2 Å². The lowest BCUT2D eigenvalue weighted by Gasteiger charge is -2.24. The molecule has 0 aromatic carbocycles. The number of halogens is 3. The zero-order valence-electron chi connectivity index (χ0n) is 7.36. The molecule has 3 nitrogen and oxygen atoms in total. The van der Waals surface area contributed by atoms with Crippen LogP contribution in [0.4, 0.5) is 13.2 Å². The Labute approximate surface area is 74.0 Å². The molecule has 1 atom stereocenters. The van der Waals surface area contributed by atoms with Crippen LogP contribution in [0.25, 0.3) is 0 Å². The minimum absolute atomic E-state index is 0.253. The summed E-state index contributed by atoms with van der Waals surface area (Å²) in [4.78, 5) is 0. The lowest BCUT2D eigenvalue weighted by Crippen LogP contribution is -2.69. The fourth-order valence-corrected chi connectivity index (χ4v) is 1.24. The standard InChI is InChI=1S/C7H12F3NO2/c1-6(12-2-3-13-6)4-5(11)7(8,9)10/h5H,2-4,11H2,1H3/p+1. The molecule has 1 rings (SSSR count). The molecule has 0 amide bonds. The summed E-state index contributed by atoms with van der Waals surface area (Å²) in [5.41, 5.74) is 3.03. The van der Waals surface area contributed by atoms with Gasteiger partial charge in [0.1, 0.15) is 0 Å². The van der Waals surface area contributed by atoms with Gasteiger partial charge in [-0.05, 0) is 6.92 Å². The maximum atomic E-state index is 12.1. The van der Waals surface area contributed by atoms with Gasteiger partial charge in [0.2, 0.25) is 0 Å². The first-order valence-corrected chi connectivity index (χ1v) is 4.01. The molecule has 3 N–H and O–H groups in total. The van der Waals surface area contributed by atoms with Crippen molar-refractivity contribution in [3.05, 3.63) is 0 Å². The third kappa shape index (κ3) is 2.82. The van der Waals surface area contributed by atoms with Crippen LogP contribution in [0, 0.1) is 0 Å². The summed E-state index contributed by atoms with van der Waals surface area (Å²) in [5.74, 6) is -1.11. The molecule has 0 aromatic rings. The van der Waals surface area contributed by atoms with Crippen LogP contribution in [0.15, 0.2) is 0 Å². The number of hydrogen-bond acceptors (Lipinski definition) is 2. The minimum Gasteiger partial charge on any atom is -0.348 e. The van der Waals surface area contributed by atoms with Crippen molar-refractivity contribution in [2.75, 3.05) is 13.2 Å². The molecule has 0 saturated carbocycles. The molecule has 0 spiro atoms. The van der Waals surface area contributed by atoms with Crippen LogP contribution in [0.5, 0.6) is 0 Å². The zero-order chi connectivity index (χ0) is 10.1. The van der Waals surface area contributed by atoms with E-state index >= 15 is 0 Å². The number of quaternary nitrogens is 1. The average Bonchev–Trinajstić information content (AvgIpc) is 2.33. The van der Waals surface area contributed by atoms with Crippen molar-refractivity contribution >= 4 is 0 Å². The van der Waals surface area contributed by atoms with Gasteiger partial charge in [-0.25, -0.2) is 0 Å². The van der Waals surface area contributed by atoms with Crippen molar-refractivity contribution in [3.63, 3.8) is 0 Å². The molecule has 1 unspecified atom stereocenters. The maximum absolute atomic E-state index is 12.1. The van der Waals surface area contributed by atoms with Crippen molar-refractivity contribution < 1.29 is 28.4 Å². The molecule has 1 aliphatic heterocycles. The smallest absolute Gasteiger partial charge is 0.348 e. The van der Waals surface area contributed by atoms with Crippen LogP contribution in [0.3, 0.4) is 0 Å². The van der Waals surface area contributed by atoms with E-state index in [9.17, 15) is 13.2 Å². The first kappa shape index (κ1) is 10.7. The predicted octanol–water partition coefficient (Wildman–Crippen LogP) is 0.312. The Balaban J connectivity index is 2.48. The third-order valence-corrected chi connectivity index (χ3v) is 1.98. The second kappa shape index (κ2) is 3.43. The molecular formula is C7H13F3NO2+. The van der Waals surface area contributed by atoms with Gasteiger partial charge >= 0.3 is 6.18 Å². The summed E-state index contributed by atoms with van der Waals surface area (Å²) in [6.45, 7) is 2.20. The molecule has 1 fully saturated rings. The fraction of sp³-hybridized carbons (Fsp3) is 1.00. The first-order valence-electron chi connectivity index (χ1n) is 4.01. The summed E-state index contributed by atoms with van der Waals surface area (Å²) in [6, 6.07) is -1.64. The van der Waals surface area contributed by atoms with Crippen LogP contribution in [-0.2, 0) is 9.47 Å². The van der Waals surface area contributed by atoms with Gasteiger partial charge in [0.15, 0.2) is 11.8 Å². The van der Waals surface area contributed by atoms with Crippen molar-refractivity contribution in [3.8, 4) is 0 Å². The average molecular weight is 200 g/mol. The first-order chi connectivity index (χ1) is 5.83. The van der Waals surface area contributed by atoms with E-state index < -0.39 is 18.0 Å². The molecular weight excluding hydrogens is 187 g/mol. The van der Waals surface area contributed by atoms with Gasteiger partial charge in [-0.3, -0.25) is 0 Å². The lowest BCUT2D eigenvalue weighted by atomic mass is 10.1. The Hall–Kier alpha value is -0.330. The van der Waals surface area contributed by atoms with E-state index in [4.69, 9.17) is 9.47 Å². The van der Waals surface area contributed by atoms with E-state index in [1.165, 1.54) is 6.92 Å². The molecule has 6 heteroatoms. The minimum atomic E-state index is -4.28. The summed E-state index contributed by atoms with van der Waals surface area (Å²) < 4.78 is 46.4. The summed E-state index contributed by atoms with van der Waals surface area (Å²) in [6.07, 6.45) is -4.53. The predicted molar refractivity (Wildman–Crippen MR) is 37.7 cm³/mol. The number of rotatable bonds is 2. The van der Waals surface area contributed by atoms with Gasteiger partial charge in [-0.2, -0.15) is 13.2 Å². The Bertz CT molecular complexity index is 177. The van der Waals surface area contributed by atoms with Crippen molar-refractivity contribution in [1.82, 2.24) is 0 Å². The number of alkyl halides is 3. The van der Waals surface area contributed by atoms with Gasteiger partial charge in [-0.15, -0.1) is 0 Å². The Morgan fingerprint density at radius 3 is 2.23 bits per heavy atom. The highest BCUT2D eigenvalue weighted by molar-refractivity contribution is 4.76. The molecule has 78 valence electrons. The summed E-state index contributed by atoms with van der Waals surface area (Å²) in [5, 5.41) is 0. The Morgan fingerprint density at radius 2 is 1.85 bits per heavy atom. The molecule has 0 bridgehead atoms. The van der Waals surface area contributed by atoms with Gasteiger partial charge in [0, 0.05) is 0 Å². The summed E-state index contributed by atoms with van der Waals surface area (Å²) >= 11 is 0. The van der Waals surface area contributed by atoms with Crippen LogP contribution in [0.2, 0.25) is 0 Å². The fourth-order valence-electron chi connectivity index (χ4n) is 1.24. The van der Waals surface area contributed by atoms with E-state index in [1.54, 1.807) is 0 Å². The molecule has 0 radical (unpaired) electrons. The highest BCUT2D eigenvalue weighted by Crippen LogP contribution is 2.29. The maximum Gasteiger partial charge on any atom is 0.441 e. The highest BCUT2D eigenvalue weighted by atomic mass is 19.4. The van der Waals surface area contributed by atoms with Gasteiger partial charge in [0.25, 0.3) is 0 Å². The van der Waals surface area contributed by atoms with E-state index in [1.807, 2.05) is 0 Å². The molecule has 1 saturated heterocycles. The molecule has 1 aliphatic rings. The topological polar surface area (TPSA) is 46.1 Å².